The molecule has 2 heterocycles. The number of carbonyl (C=O) groups is 2. The molecule has 0 saturated heterocycles. The third-order valence-corrected chi connectivity index (χ3v) is 5.71. The lowest BCUT2D eigenvalue weighted by atomic mass is 9.95. The molecule has 0 bridgehead atoms. The summed E-state index contributed by atoms with van der Waals surface area (Å²) in [5, 5.41) is 14.5. The third-order valence-electron chi connectivity index (χ3n) is 4.50. The Bertz CT molecular complexity index is 1080. The standard InChI is InChI=1S/C18H16N2O5S/c21-14(9-20-11-6-2-3-7-12(11)25-18(20)24)19-16-15(17(22)23)10-5-1-4-8-13(10)26-16/h2-3,6-7H,1,4-5,8-9H2,(H,19,21)(H,22,23)/p-1. The van der Waals surface area contributed by atoms with Gasteiger partial charge in [-0.25, -0.2) is 4.79 Å². The molecule has 8 heteroatoms. The van der Waals surface area contributed by atoms with Gasteiger partial charge < -0.3 is 19.6 Å². The number of hydrogen-bond donors (Lipinski definition) is 1. The van der Waals surface area contributed by atoms with Crippen LogP contribution in [0.15, 0.2) is 33.5 Å². The Labute approximate surface area is 151 Å². The van der Waals surface area contributed by atoms with Crippen LogP contribution in [0.1, 0.15) is 33.6 Å². The minimum Gasteiger partial charge on any atom is -0.545 e. The first kappa shape index (κ1) is 16.6. The number of amides is 1. The zero-order chi connectivity index (χ0) is 18.3. The summed E-state index contributed by atoms with van der Waals surface area (Å²) < 4.78 is 6.32. The van der Waals surface area contributed by atoms with E-state index in [0.29, 0.717) is 17.5 Å². The highest BCUT2D eigenvalue weighted by atomic mass is 32.1. The number of fused-ring (bicyclic) bond motifs is 2. The summed E-state index contributed by atoms with van der Waals surface area (Å²) in [7, 11) is 0. The third kappa shape index (κ3) is 2.82. The van der Waals surface area contributed by atoms with Crippen molar-refractivity contribution in [1.29, 1.82) is 0 Å². The van der Waals surface area contributed by atoms with Gasteiger partial charge in [-0.1, -0.05) is 12.1 Å². The zero-order valence-electron chi connectivity index (χ0n) is 13.7. The van der Waals surface area contributed by atoms with E-state index >= 15 is 0 Å². The number of rotatable bonds is 4. The molecule has 1 amide bonds. The molecule has 0 saturated carbocycles. The molecule has 134 valence electrons. The number of anilines is 1. The zero-order valence-corrected chi connectivity index (χ0v) is 14.6. The number of aromatic nitrogens is 1. The highest BCUT2D eigenvalue weighted by Crippen LogP contribution is 2.37. The SMILES string of the molecule is O=C(Cn1c(=O)oc2ccccc21)Nc1sc2c(c1C(=O)[O-])CCCC2. The van der Waals surface area contributed by atoms with E-state index < -0.39 is 17.6 Å². The average Bonchev–Trinajstić information content (AvgIpc) is 3.12. The van der Waals surface area contributed by atoms with Crippen LogP contribution >= 0.6 is 11.3 Å². The fourth-order valence-corrected chi connectivity index (χ4v) is 4.64. The molecule has 1 N–H and O–H groups in total. The van der Waals surface area contributed by atoms with Crippen molar-refractivity contribution in [2.24, 2.45) is 0 Å². The lowest BCUT2D eigenvalue weighted by molar-refractivity contribution is -0.254. The average molecular weight is 371 g/mol. The summed E-state index contributed by atoms with van der Waals surface area (Å²) in [6, 6.07) is 6.81. The number of hydrogen-bond acceptors (Lipinski definition) is 6. The Kier molecular flexibility index (Phi) is 4.12. The second kappa shape index (κ2) is 6.45. The van der Waals surface area contributed by atoms with Crippen LogP contribution in [0, 0.1) is 0 Å². The molecule has 0 fully saturated rings. The van der Waals surface area contributed by atoms with Gasteiger partial charge in [-0.3, -0.25) is 9.36 Å². The van der Waals surface area contributed by atoms with Crippen molar-refractivity contribution in [3.05, 3.63) is 50.8 Å². The van der Waals surface area contributed by atoms with Crippen LogP contribution in [0.5, 0.6) is 0 Å². The summed E-state index contributed by atoms with van der Waals surface area (Å²) in [4.78, 5) is 37.0. The summed E-state index contributed by atoms with van der Waals surface area (Å²) in [6.07, 6.45) is 3.41. The summed E-state index contributed by atoms with van der Waals surface area (Å²) in [5.74, 6) is -2.41. The number of aromatic carboxylic acids is 1. The number of carbonyl (C=O) groups excluding carboxylic acids is 2. The smallest absolute Gasteiger partial charge is 0.420 e. The van der Waals surface area contributed by atoms with E-state index in [1.807, 2.05) is 0 Å². The summed E-state index contributed by atoms with van der Waals surface area (Å²) >= 11 is 1.28. The number of benzene rings is 1. The predicted molar refractivity (Wildman–Crippen MR) is 94.4 cm³/mol. The maximum atomic E-state index is 12.4. The molecule has 2 aromatic heterocycles. The number of nitrogens with zero attached hydrogens (tertiary/aromatic N) is 1. The minimum atomic E-state index is -1.29. The van der Waals surface area contributed by atoms with Crippen molar-refractivity contribution in [2.75, 3.05) is 5.32 Å². The lowest BCUT2D eigenvalue weighted by Gasteiger charge is -2.13. The van der Waals surface area contributed by atoms with Gasteiger partial charge in [0, 0.05) is 10.4 Å². The van der Waals surface area contributed by atoms with Gasteiger partial charge in [0.15, 0.2) is 5.58 Å². The lowest BCUT2D eigenvalue weighted by Crippen LogP contribution is -2.27. The summed E-state index contributed by atoms with van der Waals surface area (Å²) in [6.45, 7) is -0.259. The van der Waals surface area contributed by atoms with Crippen molar-refractivity contribution in [2.45, 2.75) is 32.2 Å². The number of thiophene rings is 1. The van der Waals surface area contributed by atoms with E-state index in [0.717, 1.165) is 29.7 Å². The fraction of sp³-hybridized carbons (Fsp3) is 0.278. The maximum absolute atomic E-state index is 12.4. The Hall–Kier alpha value is -2.87. The Balaban J connectivity index is 1.63. The number of oxazole rings is 1. The molecule has 26 heavy (non-hydrogen) atoms. The normalized spacial score (nSPS) is 13.5. The molecule has 7 nitrogen and oxygen atoms in total. The molecule has 1 aromatic carbocycles. The molecule has 1 aliphatic rings. The Morgan fingerprint density at radius 3 is 2.81 bits per heavy atom. The van der Waals surface area contributed by atoms with Crippen molar-refractivity contribution in [1.82, 2.24) is 4.57 Å². The molecule has 0 aliphatic heterocycles. The topological polar surface area (TPSA) is 104 Å². The van der Waals surface area contributed by atoms with E-state index in [-0.39, 0.29) is 17.1 Å². The van der Waals surface area contributed by atoms with Gasteiger partial charge in [-0.05, 0) is 43.4 Å². The molecular weight excluding hydrogens is 356 g/mol. The molecule has 1 aliphatic carbocycles. The quantitative estimate of drug-likeness (QED) is 0.749. The number of para-hydroxylation sites is 2. The molecule has 3 aromatic rings. The molecular formula is C18H15N2O5S-. The van der Waals surface area contributed by atoms with Crippen LogP contribution < -0.4 is 16.2 Å². The van der Waals surface area contributed by atoms with Gasteiger partial charge in [0.2, 0.25) is 5.91 Å². The maximum Gasteiger partial charge on any atom is 0.420 e. The molecule has 0 radical (unpaired) electrons. The van der Waals surface area contributed by atoms with E-state index in [9.17, 15) is 19.5 Å². The van der Waals surface area contributed by atoms with Crippen molar-refractivity contribution < 1.29 is 19.1 Å². The molecule has 4 rings (SSSR count). The van der Waals surface area contributed by atoms with Crippen molar-refractivity contribution in [3.8, 4) is 0 Å². The first-order valence-corrected chi connectivity index (χ1v) is 9.10. The molecule has 0 unspecified atom stereocenters. The van der Waals surface area contributed by atoms with E-state index in [4.69, 9.17) is 4.42 Å². The van der Waals surface area contributed by atoms with Crippen LogP contribution in [0.3, 0.4) is 0 Å². The van der Waals surface area contributed by atoms with Gasteiger partial charge in [-0.15, -0.1) is 11.3 Å². The first-order valence-electron chi connectivity index (χ1n) is 8.28. The largest absolute Gasteiger partial charge is 0.545 e. The van der Waals surface area contributed by atoms with Gasteiger partial charge in [-0.2, -0.15) is 0 Å². The fourth-order valence-electron chi connectivity index (χ4n) is 3.34. The Morgan fingerprint density at radius 1 is 1.23 bits per heavy atom. The number of nitrogens with one attached hydrogen (secondary N) is 1. The van der Waals surface area contributed by atoms with Crippen LogP contribution in [0.4, 0.5) is 5.00 Å². The highest BCUT2D eigenvalue weighted by molar-refractivity contribution is 7.17. The number of carboxylic acids is 1. The predicted octanol–water partition coefficient (Wildman–Crippen LogP) is 1.54. The number of aryl methyl sites for hydroxylation is 1. The van der Waals surface area contributed by atoms with E-state index in [1.54, 1.807) is 24.3 Å². The van der Waals surface area contributed by atoms with E-state index in [2.05, 4.69) is 5.32 Å². The van der Waals surface area contributed by atoms with Crippen LogP contribution in [0.25, 0.3) is 11.1 Å². The van der Waals surface area contributed by atoms with Crippen molar-refractivity contribution >= 4 is 39.3 Å². The van der Waals surface area contributed by atoms with Crippen LogP contribution in [-0.2, 0) is 24.2 Å². The second-order valence-corrected chi connectivity index (χ2v) is 7.28. The van der Waals surface area contributed by atoms with Crippen molar-refractivity contribution in [3.63, 3.8) is 0 Å². The van der Waals surface area contributed by atoms with Crippen LogP contribution in [-0.4, -0.2) is 16.4 Å². The molecule has 0 spiro atoms. The highest BCUT2D eigenvalue weighted by Gasteiger charge is 2.23. The first-order chi connectivity index (χ1) is 12.5. The van der Waals surface area contributed by atoms with Gasteiger partial charge >= 0.3 is 5.76 Å². The van der Waals surface area contributed by atoms with E-state index in [1.165, 1.54) is 15.9 Å². The van der Waals surface area contributed by atoms with Crippen LogP contribution in [0.2, 0.25) is 0 Å². The Morgan fingerprint density at radius 2 is 2.00 bits per heavy atom. The second-order valence-electron chi connectivity index (χ2n) is 6.17. The summed E-state index contributed by atoms with van der Waals surface area (Å²) in [5.41, 5.74) is 1.75. The monoisotopic (exact) mass is 371 g/mol. The minimum absolute atomic E-state index is 0.0717. The number of carboxylic acid groups (broad SMARTS) is 1. The van der Waals surface area contributed by atoms with Gasteiger partial charge in [0.1, 0.15) is 11.5 Å². The van der Waals surface area contributed by atoms with Gasteiger partial charge in [0.05, 0.1) is 11.5 Å². The van der Waals surface area contributed by atoms with Gasteiger partial charge in [0.25, 0.3) is 0 Å². The molecule has 0 atom stereocenters.